The molecule has 0 bridgehead atoms. The van der Waals surface area contributed by atoms with Crippen LogP contribution in [0.2, 0.25) is 16.6 Å². The summed E-state index contributed by atoms with van der Waals surface area (Å²) in [5.41, 5.74) is 7.00. The van der Waals surface area contributed by atoms with Crippen molar-refractivity contribution in [1.82, 2.24) is 0 Å². The van der Waals surface area contributed by atoms with Crippen LogP contribution in [-0.2, 0) is 0 Å². The first-order valence-electron chi connectivity index (χ1n) is 7.86. The van der Waals surface area contributed by atoms with Gasteiger partial charge < -0.3 is 0 Å². The first kappa shape index (κ1) is 17.7. The Kier molecular flexibility index (Phi) is 5.98. The highest BCUT2D eigenvalue weighted by molar-refractivity contribution is 6.90. The Morgan fingerprint density at radius 3 is 1.71 bits per heavy atom. The van der Waals surface area contributed by atoms with Gasteiger partial charge in [0, 0.05) is 5.56 Å². The van der Waals surface area contributed by atoms with Gasteiger partial charge in [0.05, 0.1) is 0 Å². The van der Waals surface area contributed by atoms with Crippen LogP contribution in [0.5, 0.6) is 0 Å². The fraction of sp³-hybridized carbons (Fsp3) is 0.526. The molecule has 0 saturated carbocycles. The van der Waals surface area contributed by atoms with Crippen molar-refractivity contribution >= 4 is 13.9 Å². The van der Waals surface area contributed by atoms with E-state index in [1.54, 1.807) is 0 Å². The Hall–Kier alpha value is -1.33. The molecule has 1 nitrogen and oxygen atoms in total. The normalized spacial score (nSPS) is 11.7. The van der Waals surface area contributed by atoms with Gasteiger partial charge in [0.1, 0.15) is 8.07 Å². The van der Waals surface area contributed by atoms with Gasteiger partial charge in [-0.1, -0.05) is 71.4 Å². The van der Waals surface area contributed by atoms with Crippen molar-refractivity contribution in [3.05, 3.63) is 35.4 Å². The molecule has 0 N–H and O–H groups in total. The molecule has 21 heavy (non-hydrogen) atoms. The van der Waals surface area contributed by atoms with Crippen molar-refractivity contribution in [1.29, 1.82) is 0 Å². The summed E-state index contributed by atoms with van der Waals surface area (Å²) in [5.74, 6) is 2.93. The molecule has 0 aliphatic rings. The maximum atomic E-state index is 12.3. The molecule has 2 heteroatoms. The number of hydrogen-bond acceptors (Lipinski definition) is 1. The van der Waals surface area contributed by atoms with Crippen molar-refractivity contribution in [2.75, 3.05) is 0 Å². The number of ketones is 1. The zero-order chi connectivity index (χ0) is 16.2. The van der Waals surface area contributed by atoms with Crippen LogP contribution in [0, 0.1) is 18.4 Å². The van der Waals surface area contributed by atoms with Crippen molar-refractivity contribution in [2.45, 2.75) is 65.1 Å². The molecular formula is C19H28OSi. The van der Waals surface area contributed by atoms with Crippen LogP contribution < -0.4 is 0 Å². The van der Waals surface area contributed by atoms with Gasteiger partial charge in [-0.05, 0) is 29.5 Å². The highest BCUT2D eigenvalue weighted by Crippen LogP contribution is 2.40. The summed E-state index contributed by atoms with van der Waals surface area (Å²) in [7, 11) is -1.82. The van der Waals surface area contributed by atoms with E-state index in [0.29, 0.717) is 22.2 Å². The second-order valence-corrected chi connectivity index (χ2v) is 12.4. The Morgan fingerprint density at radius 1 is 0.905 bits per heavy atom. The lowest BCUT2D eigenvalue weighted by Gasteiger charge is -2.37. The molecule has 1 aromatic rings. The summed E-state index contributed by atoms with van der Waals surface area (Å²) < 4.78 is 0. The van der Waals surface area contributed by atoms with E-state index in [4.69, 9.17) is 0 Å². The topological polar surface area (TPSA) is 17.1 Å². The fourth-order valence-corrected chi connectivity index (χ4v) is 8.57. The average molecular weight is 301 g/mol. The molecule has 0 aromatic heterocycles. The number of carbonyl (C=O) groups excluding carboxylic acids is 1. The van der Waals surface area contributed by atoms with Crippen molar-refractivity contribution in [2.24, 2.45) is 0 Å². The summed E-state index contributed by atoms with van der Waals surface area (Å²) in [6.07, 6.45) is 0. The molecule has 1 aromatic carbocycles. The summed E-state index contributed by atoms with van der Waals surface area (Å²) in [4.78, 5) is 12.3. The third-order valence-corrected chi connectivity index (χ3v) is 10.9. The quantitative estimate of drug-likeness (QED) is 0.413. The molecule has 0 aliphatic heterocycles. The number of aryl methyl sites for hydroxylation is 1. The third kappa shape index (κ3) is 3.86. The number of hydrogen-bond donors (Lipinski definition) is 0. The first-order chi connectivity index (χ1) is 9.71. The molecule has 0 fully saturated rings. The standard InChI is InChI=1S/C19H28OSi/c1-14(2)21(15(3)4,16(5)6)13-12-19(20)18-10-8-17(7)9-11-18/h8-11,14-16H,1-7H3. The molecule has 0 atom stereocenters. The van der Waals surface area contributed by atoms with E-state index in [1.807, 2.05) is 31.2 Å². The lowest BCUT2D eigenvalue weighted by molar-refractivity contribution is 0.105. The second kappa shape index (κ2) is 7.09. The lowest BCUT2D eigenvalue weighted by Crippen LogP contribution is -2.43. The second-order valence-electron chi connectivity index (χ2n) is 6.84. The summed E-state index contributed by atoms with van der Waals surface area (Å²) in [5, 5.41) is 0. The van der Waals surface area contributed by atoms with E-state index in [9.17, 15) is 4.79 Å². The Bertz CT molecular complexity index is 519. The average Bonchev–Trinajstić information content (AvgIpc) is 2.38. The van der Waals surface area contributed by atoms with Gasteiger partial charge >= 0.3 is 0 Å². The highest BCUT2D eigenvalue weighted by atomic mass is 28.3. The minimum absolute atomic E-state index is 0.0474. The maximum absolute atomic E-state index is 12.3. The van der Waals surface area contributed by atoms with Gasteiger partial charge in [-0.25, -0.2) is 0 Å². The van der Waals surface area contributed by atoms with Gasteiger partial charge in [0.15, 0.2) is 0 Å². The maximum Gasteiger partial charge on any atom is 0.235 e. The van der Waals surface area contributed by atoms with Crippen LogP contribution in [0.25, 0.3) is 0 Å². The van der Waals surface area contributed by atoms with Gasteiger partial charge in [-0.15, -0.1) is 5.54 Å². The van der Waals surface area contributed by atoms with Crippen molar-refractivity contribution in [3.8, 4) is 11.5 Å². The molecule has 0 spiro atoms. The number of benzene rings is 1. The first-order valence-corrected chi connectivity index (χ1v) is 10.1. The Labute approximate surface area is 131 Å². The van der Waals surface area contributed by atoms with E-state index in [0.717, 1.165) is 5.56 Å². The zero-order valence-corrected chi connectivity index (χ0v) is 15.4. The third-order valence-electron chi connectivity index (χ3n) is 4.57. The molecule has 1 rings (SSSR count). The van der Waals surface area contributed by atoms with Gasteiger partial charge in [-0.2, -0.15) is 0 Å². The number of rotatable bonds is 4. The molecular weight excluding hydrogens is 272 g/mol. The zero-order valence-electron chi connectivity index (χ0n) is 14.4. The van der Waals surface area contributed by atoms with Crippen LogP contribution >= 0.6 is 0 Å². The Morgan fingerprint density at radius 2 is 1.33 bits per heavy atom. The fourth-order valence-electron chi connectivity index (χ4n) is 3.38. The summed E-state index contributed by atoms with van der Waals surface area (Å²) in [6.45, 7) is 15.6. The van der Waals surface area contributed by atoms with Gasteiger partial charge in [-0.3, -0.25) is 4.79 Å². The van der Waals surface area contributed by atoms with E-state index in [-0.39, 0.29) is 5.78 Å². The van der Waals surface area contributed by atoms with E-state index < -0.39 is 8.07 Å². The highest BCUT2D eigenvalue weighted by Gasteiger charge is 2.41. The van der Waals surface area contributed by atoms with Crippen LogP contribution in [0.1, 0.15) is 57.5 Å². The molecule has 0 heterocycles. The molecule has 0 amide bonds. The Balaban J connectivity index is 3.16. The van der Waals surface area contributed by atoms with Crippen LogP contribution in [-0.4, -0.2) is 13.9 Å². The van der Waals surface area contributed by atoms with E-state index in [2.05, 4.69) is 53.0 Å². The number of Topliss-reactive ketones (excluding diaryl/α,β-unsaturated/α-hetero) is 1. The van der Waals surface area contributed by atoms with E-state index in [1.165, 1.54) is 0 Å². The summed E-state index contributed by atoms with van der Waals surface area (Å²) in [6, 6.07) is 7.67. The minimum atomic E-state index is -1.82. The minimum Gasteiger partial charge on any atom is -0.279 e. The largest absolute Gasteiger partial charge is 0.279 e. The van der Waals surface area contributed by atoms with Gasteiger partial charge in [0.2, 0.25) is 5.78 Å². The smallest absolute Gasteiger partial charge is 0.235 e. The lowest BCUT2D eigenvalue weighted by atomic mass is 10.1. The molecule has 0 radical (unpaired) electrons. The predicted octanol–water partition coefficient (Wildman–Crippen LogP) is 5.40. The number of carbonyl (C=O) groups is 1. The van der Waals surface area contributed by atoms with Crippen LogP contribution in [0.15, 0.2) is 24.3 Å². The van der Waals surface area contributed by atoms with Crippen LogP contribution in [0.4, 0.5) is 0 Å². The molecule has 0 aliphatic carbocycles. The van der Waals surface area contributed by atoms with Crippen molar-refractivity contribution < 1.29 is 4.79 Å². The molecule has 0 saturated heterocycles. The molecule has 0 unspecified atom stereocenters. The monoisotopic (exact) mass is 300 g/mol. The molecule has 114 valence electrons. The predicted molar refractivity (Wildman–Crippen MR) is 94.3 cm³/mol. The summed E-state index contributed by atoms with van der Waals surface area (Å²) >= 11 is 0. The van der Waals surface area contributed by atoms with E-state index >= 15 is 0 Å². The SMILES string of the molecule is Cc1ccc(C(=O)C#C[Si](C(C)C)(C(C)C)C(C)C)cc1. The van der Waals surface area contributed by atoms with Crippen LogP contribution in [0.3, 0.4) is 0 Å². The van der Waals surface area contributed by atoms with Gasteiger partial charge in [0.25, 0.3) is 0 Å². The van der Waals surface area contributed by atoms with Crippen molar-refractivity contribution in [3.63, 3.8) is 0 Å².